The Bertz CT molecular complexity index is 924. The zero-order valence-electron chi connectivity index (χ0n) is 15.7. The van der Waals surface area contributed by atoms with Crippen LogP contribution in [-0.4, -0.2) is 35.2 Å². The summed E-state index contributed by atoms with van der Waals surface area (Å²) in [6.45, 7) is 3.43. The van der Waals surface area contributed by atoms with E-state index in [-0.39, 0.29) is 11.5 Å². The first-order valence-electron chi connectivity index (χ1n) is 8.30. The van der Waals surface area contributed by atoms with Gasteiger partial charge in [-0.3, -0.25) is 4.72 Å². The van der Waals surface area contributed by atoms with Crippen molar-refractivity contribution in [1.29, 1.82) is 0 Å². The van der Waals surface area contributed by atoms with Gasteiger partial charge < -0.3 is 14.2 Å². The minimum atomic E-state index is -3.78. The molecule has 0 saturated heterocycles. The van der Waals surface area contributed by atoms with Crippen molar-refractivity contribution in [3.05, 3.63) is 47.5 Å². The molecule has 0 amide bonds. The molecule has 0 radical (unpaired) electrons. The fourth-order valence-corrected chi connectivity index (χ4v) is 3.60. The number of nitrogens with one attached hydrogen (secondary N) is 1. The second-order valence-electron chi connectivity index (χ2n) is 5.77. The van der Waals surface area contributed by atoms with Gasteiger partial charge in [-0.25, -0.2) is 13.2 Å². The molecule has 0 aliphatic heterocycles. The summed E-state index contributed by atoms with van der Waals surface area (Å²) < 4.78 is 43.2. The van der Waals surface area contributed by atoms with Crippen molar-refractivity contribution < 1.29 is 27.4 Å². The number of carbonyl (C=O) groups is 1. The van der Waals surface area contributed by atoms with Crippen LogP contribution in [0.1, 0.15) is 18.1 Å². The van der Waals surface area contributed by atoms with Gasteiger partial charge in [0.1, 0.15) is 11.5 Å². The summed E-state index contributed by atoms with van der Waals surface area (Å²) in [6.07, 6.45) is 0.543. The SMILES string of the molecule is CCc1cc(S(=O)(=O)Nc2ccc(OC)cc2C)ccc1OCC(=O)OC. The number of ether oxygens (including phenoxy) is 3. The van der Waals surface area contributed by atoms with Crippen molar-refractivity contribution in [2.45, 2.75) is 25.2 Å². The van der Waals surface area contributed by atoms with E-state index in [0.29, 0.717) is 29.2 Å². The van der Waals surface area contributed by atoms with Crippen LogP contribution in [0.2, 0.25) is 0 Å². The molecule has 2 aromatic rings. The normalized spacial score (nSPS) is 11.0. The van der Waals surface area contributed by atoms with Crippen molar-refractivity contribution in [2.24, 2.45) is 0 Å². The highest BCUT2D eigenvalue weighted by Crippen LogP contribution is 2.27. The number of hydrogen-bond donors (Lipinski definition) is 1. The van der Waals surface area contributed by atoms with Crippen LogP contribution in [0.25, 0.3) is 0 Å². The average Bonchev–Trinajstić information content (AvgIpc) is 2.67. The molecule has 8 heteroatoms. The standard InChI is InChI=1S/C19H23NO6S/c1-5-14-11-16(7-9-18(14)26-12-19(21)25-4)27(22,23)20-17-8-6-15(24-3)10-13(17)2/h6-11,20H,5,12H2,1-4H3. The molecule has 0 aliphatic rings. The number of sulfonamides is 1. The van der Waals surface area contributed by atoms with Crippen LogP contribution < -0.4 is 14.2 Å². The summed E-state index contributed by atoms with van der Waals surface area (Å²) in [5, 5.41) is 0. The number of aryl methyl sites for hydroxylation is 2. The highest BCUT2D eigenvalue weighted by Gasteiger charge is 2.18. The molecule has 27 heavy (non-hydrogen) atoms. The van der Waals surface area contributed by atoms with Gasteiger partial charge in [0.05, 0.1) is 24.8 Å². The second-order valence-corrected chi connectivity index (χ2v) is 7.46. The molecule has 0 bridgehead atoms. The number of benzene rings is 2. The van der Waals surface area contributed by atoms with Gasteiger partial charge in [0.25, 0.3) is 10.0 Å². The molecular weight excluding hydrogens is 370 g/mol. The van der Waals surface area contributed by atoms with E-state index in [4.69, 9.17) is 9.47 Å². The summed E-state index contributed by atoms with van der Waals surface area (Å²) in [7, 11) is -0.956. The first-order chi connectivity index (χ1) is 12.8. The van der Waals surface area contributed by atoms with Gasteiger partial charge >= 0.3 is 5.97 Å². The van der Waals surface area contributed by atoms with Crippen LogP contribution in [0.3, 0.4) is 0 Å². The van der Waals surface area contributed by atoms with E-state index in [9.17, 15) is 13.2 Å². The molecule has 7 nitrogen and oxygen atoms in total. The molecule has 2 aromatic carbocycles. The maximum atomic E-state index is 12.7. The van der Waals surface area contributed by atoms with Gasteiger partial charge in [0.2, 0.25) is 0 Å². The number of methoxy groups -OCH3 is 2. The van der Waals surface area contributed by atoms with E-state index in [1.165, 1.54) is 25.3 Å². The smallest absolute Gasteiger partial charge is 0.343 e. The molecule has 0 spiro atoms. The first-order valence-corrected chi connectivity index (χ1v) is 9.79. The molecule has 0 atom stereocenters. The van der Waals surface area contributed by atoms with Crippen molar-refractivity contribution in [2.75, 3.05) is 25.5 Å². The third kappa shape index (κ3) is 5.13. The van der Waals surface area contributed by atoms with Crippen molar-refractivity contribution in [3.8, 4) is 11.5 Å². The van der Waals surface area contributed by atoms with E-state index in [0.717, 1.165) is 5.56 Å². The predicted molar refractivity (Wildman–Crippen MR) is 102 cm³/mol. The lowest BCUT2D eigenvalue weighted by molar-refractivity contribution is -0.142. The van der Waals surface area contributed by atoms with Crippen molar-refractivity contribution >= 4 is 21.7 Å². The Balaban J connectivity index is 2.26. The van der Waals surface area contributed by atoms with Gasteiger partial charge in [-0.1, -0.05) is 6.92 Å². The predicted octanol–water partition coefficient (Wildman–Crippen LogP) is 2.92. The van der Waals surface area contributed by atoms with Gasteiger partial charge in [-0.15, -0.1) is 0 Å². The monoisotopic (exact) mass is 393 g/mol. The van der Waals surface area contributed by atoms with Gasteiger partial charge in [-0.05, 0) is 60.9 Å². The zero-order valence-corrected chi connectivity index (χ0v) is 16.6. The van der Waals surface area contributed by atoms with Crippen LogP contribution in [0.4, 0.5) is 5.69 Å². The van der Waals surface area contributed by atoms with Gasteiger partial charge in [0, 0.05) is 0 Å². The van der Waals surface area contributed by atoms with Gasteiger partial charge in [0.15, 0.2) is 6.61 Å². The van der Waals surface area contributed by atoms with E-state index in [1.54, 1.807) is 32.2 Å². The van der Waals surface area contributed by atoms with Crippen LogP contribution in [0.5, 0.6) is 11.5 Å². The minimum absolute atomic E-state index is 0.111. The number of esters is 1. The number of carbonyl (C=O) groups excluding carboxylic acids is 1. The fraction of sp³-hybridized carbons (Fsp3) is 0.316. The first kappa shape index (κ1) is 20.6. The molecule has 0 heterocycles. The van der Waals surface area contributed by atoms with Crippen LogP contribution in [0.15, 0.2) is 41.3 Å². The van der Waals surface area contributed by atoms with E-state index >= 15 is 0 Å². The lowest BCUT2D eigenvalue weighted by Crippen LogP contribution is -2.15. The molecular formula is C19H23NO6S. The molecule has 146 valence electrons. The number of hydrogen-bond acceptors (Lipinski definition) is 6. The maximum Gasteiger partial charge on any atom is 0.343 e. The fourth-order valence-electron chi connectivity index (χ4n) is 2.42. The Labute approximate surface area is 159 Å². The Morgan fingerprint density at radius 1 is 1.11 bits per heavy atom. The lowest BCUT2D eigenvalue weighted by atomic mass is 10.1. The summed E-state index contributed by atoms with van der Waals surface area (Å²) in [4.78, 5) is 11.3. The molecule has 0 aromatic heterocycles. The Morgan fingerprint density at radius 2 is 1.85 bits per heavy atom. The summed E-state index contributed by atoms with van der Waals surface area (Å²) in [5.41, 5.74) is 1.89. The van der Waals surface area contributed by atoms with E-state index < -0.39 is 16.0 Å². The van der Waals surface area contributed by atoms with Gasteiger partial charge in [-0.2, -0.15) is 0 Å². The molecule has 0 aliphatic carbocycles. The van der Waals surface area contributed by atoms with Crippen LogP contribution in [-0.2, 0) is 26.0 Å². The molecule has 2 rings (SSSR count). The second kappa shape index (κ2) is 8.77. The number of anilines is 1. The lowest BCUT2D eigenvalue weighted by Gasteiger charge is -2.14. The largest absolute Gasteiger partial charge is 0.497 e. The summed E-state index contributed by atoms with van der Waals surface area (Å²) in [5.74, 6) is 0.587. The number of rotatable bonds is 8. The third-order valence-corrected chi connectivity index (χ3v) is 5.34. The zero-order chi connectivity index (χ0) is 20.0. The highest BCUT2D eigenvalue weighted by molar-refractivity contribution is 7.92. The third-order valence-electron chi connectivity index (χ3n) is 3.97. The average molecular weight is 393 g/mol. The molecule has 0 saturated carbocycles. The maximum absolute atomic E-state index is 12.7. The Morgan fingerprint density at radius 3 is 2.44 bits per heavy atom. The quantitative estimate of drug-likeness (QED) is 0.694. The molecule has 0 unspecified atom stereocenters. The topological polar surface area (TPSA) is 90.9 Å². The molecule has 0 fully saturated rings. The summed E-state index contributed by atoms with van der Waals surface area (Å²) >= 11 is 0. The molecule has 1 N–H and O–H groups in total. The Kier molecular flexibility index (Phi) is 6.68. The van der Waals surface area contributed by atoms with Crippen LogP contribution >= 0.6 is 0 Å². The summed E-state index contributed by atoms with van der Waals surface area (Å²) in [6, 6.07) is 9.60. The van der Waals surface area contributed by atoms with Crippen molar-refractivity contribution in [3.63, 3.8) is 0 Å². The van der Waals surface area contributed by atoms with Crippen LogP contribution in [0, 0.1) is 6.92 Å². The Hall–Kier alpha value is -2.74. The van der Waals surface area contributed by atoms with E-state index in [1.807, 2.05) is 6.92 Å². The minimum Gasteiger partial charge on any atom is -0.497 e. The van der Waals surface area contributed by atoms with E-state index in [2.05, 4.69) is 9.46 Å². The highest BCUT2D eigenvalue weighted by atomic mass is 32.2. The van der Waals surface area contributed by atoms with Crippen molar-refractivity contribution in [1.82, 2.24) is 0 Å².